The van der Waals surface area contributed by atoms with Crippen LogP contribution in [0.4, 0.5) is 0 Å². The molecule has 0 radical (unpaired) electrons. The number of fused-ring (bicyclic) bond motifs is 12. The summed E-state index contributed by atoms with van der Waals surface area (Å²) in [4.78, 5) is 18.0. The van der Waals surface area contributed by atoms with Crippen LogP contribution in [-0.2, 0) is 0 Å². The van der Waals surface area contributed by atoms with Crippen LogP contribution in [0, 0.1) is 0 Å². The molecule has 20 aromatic rings. The molecule has 4 heterocycles. The lowest BCUT2D eigenvalue weighted by Gasteiger charge is -2.19. The van der Waals surface area contributed by atoms with Crippen molar-refractivity contribution in [2.45, 2.75) is 0 Å². The van der Waals surface area contributed by atoms with Crippen LogP contribution in [0.5, 0.6) is 0 Å². The maximum atomic E-state index is 4.73. The Bertz CT molecular complexity index is 6190. The number of nitrogens with zero attached hydrogens (tertiary/aromatic N) is 4. The predicted molar refractivity (Wildman–Crippen MR) is 454 cm³/mol. The highest BCUT2D eigenvalue weighted by molar-refractivity contribution is 6.27. The Labute approximate surface area is 627 Å². The predicted octanol–water partition coefficient (Wildman–Crippen LogP) is 27.9. The first-order valence-corrected chi connectivity index (χ1v) is 36.8. The molecule has 108 heavy (non-hydrogen) atoms. The van der Waals surface area contributed by atoms with Gasteiger partial charge in [-0.3, -0.25) is 19.9 Å². The van der Waals surface area contributed by atoms with Crippen molar-refractivity contribution in [3.63, 3.8) is 0 Å². The first kappa shape index (κ1) is 64.5. The number of hydrogen-bond donors (Lipinski definition) is 0. The van der Waals surface area contributed by atoms with Gasteiger partial charge in [0.2, 0.25) is 0 Å². The van der Waals surface area contributed by atoms with E-state index >= 15 is 0 Å². The van der Waals surface area contributed by atoms with Crippen LogP contribution in [0.3, 0.4) is 0 Å². The Balaban J connectivity index is 0.000000147. The van der Waals surface area contributed by atoms with E-state index in [1.165, 1.54) is 137 Å². The quantitative estimate of drug-likeness (QED) is 0.114. The molecule has 0 saturated carbocycles. The average Bonchev–Trinajstić information content (AvgIpc) is 0.735. The van der Waals surface area contributed by atoms with Crippen LogP contribution < -0.4 is 0 Å². The Morgan fingerprint density at radius 2 is 0.370 bits per heavy atom. The van der Waals surface area contributed by atoms with Gasteiger partial charge in [-0.15, -0.1) is 0 Å². The van der Waals surface area contributed by atoms with Crippen LogP contribution in [0.25, 0.3) is 198 Å². The van der Waals surface area contributed by atoms with Crippen LogP contribution in [0.15, 0.2) is 413 Å². The molecule has 504 valence electrons. The van der Waals surface area contributed by atoms with Crippen molar-refractivity contribution < 1.29 is 0 Å². The minimum atomic E-state index is 0.937. The first-order chi connectivity index (χ1) is 53.6. The van der Waals surface area contributed by atoms with Crippen molar-refractivity contribution in [1.29, 1.82) is 0 Å². The fourth-order valence-corrected chi connectivity index (χ4v) is 16.3. The molecule has 0 N–H and O–H groups in total. The van der Waals surface area contributed by atoms with Gasteiger partial charge in [0.1, 0.15) is 0 Å². The monoisotopic (exact) mass is 1370 g/mol. The Hall–Kier alpha value is -14.3. The number of aromatic nitrogens is 4. The molecule has 0 aliphatic rings. The van der Waals surface area contributed by atoms with Crippen molar-refractivity contribution in [3.8, 4) is 134 Å². The third-order valence-electron chi connectivity index (χ3n) is 21.3. The van der Waals surface area contributed by atoms with E-state index in [1.54, 1.807) is 0 Å². The number of hydrogen-bond acceptors (Lipinski definition) is 4. The third kappa shape index (κ3) is 12.1. The molecule has 0 bridgehead atoms. The van der Waals surface area contributed by atoms with E-state index in [0.29, 0.717) is 0 Å². The summed E-state index contributed by atoms with van der Waals surface area (Å²) in [6.45, 7) is 0. The molecule has 0 saturated heterocycles. The van der Waals surface area contributed by atoms with Gasteiger partial charge in [-0.1, -0.05) is 291 Å². The molecular weight excluding hydrogens is 1310 g/mol. The maximum absolute atomic E-state index is 4.73. The lowest BCUT2D eigenvalue weighted by Crippen LogP contribution is -1.93. The summed E-state index contributed by atoms with van der Waals surface area (Å²) in [7, 11) is 0. The lowest BCUT2D eigenvalue weighted by atomic mass is 9.85. The molecule has 4 heteroatoms. The van der Waals surface area contributed by atoms with Crippen molar-refractivity contribution in [2.24, 2.45) is 0 Å². The van der Waals surface area contributed by atoms with E-state index in [0.717, 1.165) is 61.3 Å². The molecule has 0 aliphatic carbocycles. The summed E-state index contributed by atoms with van der Waals surface area (Å²) in [5.74, 6) is 0. The summed E-state index contributed by atoms with van der Waals surface area (Å²) in [6, 6.07) is 134. The highest BCUT2D eigenvalue weighted by atomic mass is 14.7. The number of benzene rings is 16. The van der Waals surface area contributed by atoms with Crippen LogP contribution >= 0.6 is 0 Å². The molecule has 0 amide bonds. The van der Waals surface area contributed by atoms with E-state index in [2.05, 4.69) is 355 Å². The Morgan fingerprint density at radius 1 is 0.130 bits per heavy atom. The van der Waals surface area contributed by atoms with Gasteiger partial charge in [-0.2, -0.15) is 0 Å². The van der Waals surface area contributed by atoms with Gasteiger partial charge < -0.3 is 0 Å². The van der Waals surface area contributed by atoms with Crippen molar-refractivity contribution in [2.75, 3.05) is 0 Å². The van der Waals surface area contributed by atoms with E-state index < -0.39 is 0 Å². The molecule has 0 aliphatic heterocycles. The van der Waals surface area contributed by atoms with Gasteiger partial charge >= 0.3 is 0 Å². The van der Waals surface area contributed by atoms with E-state index in [9.17, 15) is 0 Å². The molecule has 16 aromatic carbocycles. The van der Waals surface area contributed by atoms with Gasteiger partial charge in [-0.25, -0.2) is 0 Å². The third-order valence-corrected chi connectivity index (χ3v) is 21.3. The molecule has 0 fully saturated rings. The first-order valence-electron chi connectivity index (χ1n) is 36.8. The summed E-state index contributed by atoms with van der Waals surface area (Å²) in [6.07, 6.45) is 13.1. The van der Waals surface area contributed by atoms with Gasteiger partial charge in [0.25, 0.3) is 0 Å². The summed E-state index contributed by atoms with van der Waals surface area (Å²) in [5.41, 5.74) is 27.5. The molecule has 0 spiro atoms. The second-order valence-corrected chi connectivity index (χ2v) is 27.5. The number of pyridine rings is 4. The van der Waals surface area contributed by atoms with Gasteiger partial charge in [0.15, 0.2) is 0 Å². The lowest BCUT2D eigenvalue weighted by molar-refractivity contribution is 1.32. The molecule has 20 rings (SSSR count). The zero-order valence-electron chi connectivity index (χ0n) is 59.0. The second kappa shape index (κ2) is 28.4. The SMILES string of the molecule is c1ccc(-c2cc(-c3cccnc3)cc(-c3ccccc3-c3ccccc3-c3ccccc3-c3ccc4c5ccccc5c5ccccc5c4c3)c2)nc1.c1cncc(-c2cc(-c3cccnc3)cc(-c3ccccc3-c3ccccc3-c3ccccc3-c3ccc4c5ccccc5c5ccccc5c4c3)c2)c1. The summed E-state index contributed by atoms with van der Waals surface area (Å²) in [5, 5.41) is 15.4. The maximum Gasteiger partial charge on any atom is 0.0702 e. The van der Waals surface area contributed by atoms with Crippen molar-refractivity contribution in [3.05, 3.63) is 413 Å². The Morgan fingerprint density at radius 3 is 0.667 bits per heavy atom. The molecule has 4 aromatic heterocycles. The smallest absolute Gasteiger partial charge is 0.0702 e. The minimum absolute atomic E-state index is 0.937. The van der Waals surface area contributed by atoms with E-state index in [4.69, 9.17) is 4.98 Å². The van der Waals surface area contributed by atoms with Gasteiger partial charge in [0, 0.05) is 65.6 Å². The molecule has 4 nitrogen and oxygen atoms in total. The van der Waals surface area contributed by atoms with Crippen LogP contribution in [-0.4, -0.2) is 19.9 Å². The van der Waals surface area contributed by atoms with E-state index in [-0.39, 0.29) is 0 Å². The topological polar surface area (TPSA) is 51.6 Å². The van der Waals surface area contributed by atoms with Crippen LogP contribution in [0.1, 0.15) is 0 Å². The average molecular weight is 1370 g/mol. The largest absolute Gasteiger partial charge is 0.264 e. The minimum Gasteiger partial charge on any atom is -0.264 e. The summed E-state index contributed by atoms with van der Waals surface area (Å²) >= 11 is 0. The van der Waals surface area contributed by atoms with Gasteiger partial charge in [0.05, 0.1) is 5.69 Å². The van der Waals surface area contributed by atoms with Gasteiger partial charge in [-0.05, 0) is 249 Å². The highest BCUT2D eigenvalue weighted by Gasteiger charge is 2.22. The van der Waals surface area contributed by atoms with Crippen molar-refractivity contribution in [1.82, 2.24) is 19.9 Å². The molecule has 0 unspecified atom stereocenters. The summed E-state index contributed by atoms with van der Waals surface area (Å²) < 4.78 is 0. The fourth-order valence-electron chi connectivity index (χ4n) is 16.3. The second-order valence-electron chi connectivity index (χ2n) is 27.5. The normalized spacial score (nSPS) is 11.3. The zero-order chi connectivity index (χ0) is 71.7. The zero-order valence-corrected chi connectivity index (χ0v) is 59.0. The number of rotatable bonds is 12. The fraction of sp³-hybridized carbons (Fsp3) is 0. The molecular formula is C104H68N4. The molecule has 0 atom stereocenters. The van der Waals surface area contributed by atoms with Crippen molar-refractivity contribution >= 4 is 64.6 Å². The van der Waals surface area contributed by atoms with Crippen LogP contribution in [0.2, 0.25) is 0 Å². The Kier molecular flexibility index (Phi) is 17.0. The standard InChI is InChI=1S/2C52H34N2/c1-3-17-43(41(15-1)35-25-26-51-49-23-8-7-21-47(49)48-22-9-10-24-50(48)52(51)32-35)45-19-5-6-20-46(45)44-18-4-2-16-42(44)40-30-38(36-13-11-27-53-33-36)29-39(31-40)37-14-12-28-54-34-37;1-3-17-42(40(15-1)35-26-27-50-48-23-8-7-21-46(48)47-22-9-10-24-49(47)51(50)33-35)44-19-5-6-20-45(44)43-18-4-2-16-41(43)38-30-37(36-14-13-28-53-34-36)31-39(32-38)52-25-11-12-29-54-52/h2*1-34H. The highest BCUT2D eigenvalue weighted by Crippen LogP contribution is 2.48. The van der Waals surface area contributed by atoms with E-state index in [1.807, 2.05) is 73.7 Å².